The third kappa shape index (κ3) is 2.39. The van der Waals surface area contributed by atoms with Gasteiger partial charge in [-0.1, -0.05) is 24.3 Å². The minimum absolute atomic E-state index is 0.115. The summed E-state index contributed by atoms with van der Waals surface area (Å²) in [6, 6.07) is 3.43. The zero-order chi connectivity index (χ0) is 18.9. The van der Waals surface area contributed by atoms with Crippen LogP contribution in [-0.2, 0) is 30.2 Å². The second kappa shape index (κ2) is 5.40. The van der Waals surface area contributed by atoms with Gasteiger partial charge in [-0.25, -0.2) is 0 Å². The van der Waals surface area contributed by atoms with E-state index in [2.05, 4.69) is 4.28 Å². The van der Waals surface area contributed by atoms with E-state index in [0.717, 1.165) is 18.2 Å². The van der Waals surface area contributed by atoms with Crippen molar-refractivity contribution in [1.29, 1.82) is 0 Å². The van der Waals surface area contributed by atoms with Crippen molar-refractivity contribution in [3.8, 4) is 0 Å². The molecule has 2 bridgehead atoms. The maximum absolute atomic E-state index is 13.1. The van der Waals surface area contributed by atoms with Crippen LogP contribution < -0.4 is 0 Å². The number of hydroxylamine groups is 2. The molecule has 4 unspecified atom stereocenters. The van der Waals surface area contributed by atoms with Gasteiger partial charge >= 0.3 is 16.3 Å². The van der Waals surface area contributed by atoms with E-state index < -0.39 is 50.4 Å². The lowest BCUT2D eigenvalue weighted by atomic mass is 9.85. The first-order valence-electron chi connectivity index (χ1n) is 7.78. The zero-order valence-corrected chi connectivity index (χ0v) is 13.8. The van der Waals surface area contributed by atoms with Crippen molar-refractivity contribution in [2.75, 3.05) is 0 Å². The van der Waals surface area contributed by atoms with Gasteiger partial charge in [-0.15, -0.1) is 9.35 Å². The standard InChI is InChI=1S/C16H12F3NO5S/c17-16(18,19)10-3-1-2-4-11(10)26(23,24)25-20-14(21)12-8-5-6-9(7-8)13(12)15(20)22/h1-6,8-9,12-13H,7H2. The highest BCUT2D eigenvalue weighted by Gasteiger charge is 2.61. The van der Waals surface area contributed by atoms with Crippen molar-refractivity contribution in [3.63, 3.8) is 0 Å². The van der Waals surface area contributed by atoms with Gasteiger partial charge in [-0.2, -0.15) is 21.6 Å². The molecule has 26 heavy (non-hydrogen) atoms. The van der Waals surface area contributed by atoms with Gasteiger partial charge in [0.25, 0.3) is 11.8 Å². The highest BCUT2D eigenvalue weighted by atomic mass is 32.2. The molecular weight excluding hydrogens is 375 g/mol. The number of nitrogens with zero attached hydrogens (tertiary/aromatic N) is 1. The second-order valence-electron chi connectivity index (χ2n) is 6.49. The number of fused-ring (bicyclic) bond motifs is 5. The number of imide groups is 1. The first kappa shape index (κ1) is 17.2. The fourth-order valence-corrected chi connectivity index (χ4v) is 5.13. The monoisotopic (exact) mass is 387 g/mol. The van der Waals surface area contributed by atoms with Gasteiger partial charge in [-0.3, -0.25) is 9.59 Å². The van der Waals surface area contributed by atoms with E-state index >= 15 is 0 Å². The summed E-state index contributed by atoms with van der Waals surface area (Å²) in [5.41, 5.74) is -1.43. The number of amides is 2. The van der Waals surface area contributed by atoms with E-state index in [0.29, 0.717) is 12.5 Å². The van der Waals surface area contributed by atoms with E-state index in [9.17, 15) is 31.2 Å². The fraction of sp³-hybridized carbons (Fsp3) is 0.375. The molecule has 6 nitrogen and oxygen atoms in total. The van der Waals surface area contributed by atoms with Crippen molar-refractivity contribution < 1.29 is 35.5 Å². The van der Waals surface area contributed by atoms with Gasteiger partial charge in [-0.05, 0) is 30.4 Å². The molecule has 138 valence electrons. The highest BCUT2D eigenvalue weighted by molar-refractivity contribution is 7.86. The number of hydrogen-bond donors (Lipinski definition) is 0. The van der Waals surface area contributed by atoms with Crippen LogP contribution in [0, 0.1) is 23.7 Å². The van der Waals surface area contributed by atoms with Crippen LogP contribution >= 0.6 is 0 Å². The lowest BCUT2D eigenvalue weighted by Crippen LogP contribution is -2.35. The number of benzene rings is 1. The van der Waals surface area contributed by atoms with Gasteiger partial charge < -0.3 is 0 Å². The third-order valence-electron chi connectivity index (χ3n) is 5.06. The summed E-state index contributed by atoms with van der Waals surface area (Å²) in [6.07, 6.45) is -0.710. The largest absolute Gasteiger partial charge is 0.417 e. The molecule has 1 saturated heterocycles. The highest BCUT2D eigenvalue weighted by Crippen LogP contribution is 2.52. The molecule has 1 aromatic carbocycles. The van der Waals surface area contributed by atoms with Gasteiger partial charge in [0.15, 0.2) is 0 Å². The number of rotatable bonds is 3. The fourth-order valence-electron chi connectivity index (χ4n) is 4.01. The van der Waals surface area contributed by atoms with Crippen LogP contribution in [0.15, 0.2) is 41.3 Å². The van der Waals surface area contributed by atoms with Crippen LogP contribution in [0.2, 0.25) is 0 Å². The van der Waals surface area contributed by atoms with E-state index in [1.54, 1.807) is 12.2 Å². The average Bonchev–Trinajstić information content (AvgIpc) is 3.24. The molecule has 1 aromatic rings. The normalized spacial score (nSPS) is 30.3. The number of alkyl halides is 3. The SMILES string of the molecule is O=C1C2C3C=CC(C3)C2C(=O)N1OS(=O)(=O)c1ccccc1C(F)(F)F. The predicted octanol–water partition coefficient (Wildman–Crippen LogP) is 2.13. The summed E-state index contributed by atoms with van der Waals surface area (Å²) >= 11 is 0. The second-order valence-corrected chi connectivity index (χ2v) is 7.99. The molecule has 4 rings (SSSR count). The number of allylic oxidation sites excluding steroid dienone is 2. The number of carbonyl (C=O) groups excluding carboxylic acids is 2. The van der Waals surface area contributed by atoms with Crippen LogP contribution in [0.3, 0.4) is 0 Å². The summed E-state index contributed by atoms with van der Waals surface area (Å²) in [4.78, 5) is 23.7. The Kier molecular flexibility index (Phi) is 3.58. The molecule has 2 fully saturated rings. The van der Waals surface area contributed by atoms with Crippen LogP contribution in [-0.4, -0.2) is 25.3 Å². The lowest BCUT2D eigenvalue weighted by molar-refractivity contribution is -0.166. The van der Waals surface area contributed by atoms with Crippen molar-refractivity contribution >= 4 is 21.9 Å². The molecule has 1 saturated carbocycles. The Morgan fingerprint density at radius 1 is 1.00 bits per heavy atom. The number of carbonyl (C=O) groups is 2. The van der Waals surface area contributed by atoms with Crippen molar-refractivity contribution in [1.82, 2.24) is 5.06 Å². The smallest absolute Gasteiger partial charge is 0.272 e. The number of hydrogen-bond acceptors (Lipinski definition) is 5. The maximum Gasteiger partial charge on any atom is 0.417 e. The average molecular weight is 387 g/mol. The maximum atomic E-state index is 13.1. The molecular formula is C16H12F3NO5S. The molecule has 3 aliphatic rings. The van der Waals surface area contributed by atoms with Crippen LogP contribution in [0.25, 0.3) is 0 Å². The molecule has 0 radical (unpaired) electrons. The molecule has 1 heterocycles. The van der Waals surface area contributed by atoms with Crippen molar-refractivity contribution in [2.45, 2.75) is 17.5 Å². The predicted molar refractivity (Wildman–Crippen MR) is 79.3 cm³/mol. The molecule has 0 aromatic heterocycles. The van der Waals surface area contributed by atoms with Gasteiger partial charge in [0.2, 0.25) is 0 Å². The summed E-state index contributed by atoms with van der Waals surface area (Å²) in [7, 11) is -5.03. The summed E-state index contributed by atoms with van der Waals surface area (Å²) in [6.45, 7) is 0. The minimum atomic E-state index is -5.03. The zero-order valence-electron chi connectivity index (χ0n) is 13.0. The summed E-state index contributed by atoms with van der Waals surface area (Å²) < 4.78 is 68.5. The molecule has 10 heteroatoms. The molecule has 4 atom stereocenters. The van der Waals surface area contributed by atoms with Crippen LogP contribution in [0.1, 0.15) is 12.0 Å². The van der Waals surface area contributed by atoms with Gasteiger partial charge in [0.05, 0.1) is 17.4 Å². The third-order valence-corrected chi connectivity index (χ3v) is 6.30. The summed E-state index contributed by atoms with van der Waals surface area (Å²) in [5, 5.41) is 0.115. The van der Waals surface area contributed by atoms with Gasteiger partial charge in [0.1, 0.15) is 4.90 Å². The minimum Gasteiger partial charge on any atom is -0.272 e. The summed E-state index contributed by atoms with van der Waals surface area (Å²) in [5.74, 6) is -3.45. The molecule has 2 aliphatic carbocycles. The quantitative estimate of drug-likeness (QED) is 0.586. The number of halogens is 3. The molecule has 0 spiro atoms. The topological polar surface area (TPSA) is 80.8 Å². The van der Waals surface area contributed by atoms with Gasteiger partial charge in [0, 0.05) is 0 Å². The molecule has 0 N–H and O–H groups in total. The first-order chi connectivity index (χ1) is 12.1. The Morgan fingerprint density at radius 3 is 2.08 bits per heavy atom. The van der Waals surface area contributed by atoms with Crippen molar-refractivity contribution in [3.05, 3.63) is 42.0 Å². The van der Waals surface area contributed by atoms with Crippen molar-refractivity contribution in [2.24, 2.45) is 23.7 Å². The van der Waals surface area contributed by atoms with E-state index in [4.69, 9.17) is 0 Å². The van der Waals surface area contributed by atoms with E-state index in [1.807, 2.05) is 0 Å². The Bertz CT molecular complexity index is 909. The molecule has 2 amide bonds. The van der Waals surface area contributed by atoms with E-state index in [1.165, 1.54) is 0 Å². The molecule has 1 aliphatic heterocycles. The van der Waals surface area contributed by atoms with Crippen LogP contribution in [0.5, 0.6) is 0 Å². The Labute approximate surface area is 146 Å². The Balaban J connectivity index is 1.66. The Hall–Kier alpha value is -2.20. The van der Waals surface area contributed by atoms with E-state index in [-0.39, 0.29) is 16.9 Å². The lowest BCUT2D eigenvalue weighted by Gasteiger charge is -2.18. The Morgan fingerprint density at radius 2 is 1.54 bits per heavy atom. The first-order valence-corrected chi connectivity index (χ1v) is 9.19. The van der Waals surface area contributed by atoms with Crippen LogP contribution in [0.4, 0.5) is 13.2 Å².